The van der Waals surface area contributed by atoms with E-state index in [1.807, 2.05) is 43.3 Å². The predicted molar refractivity (Wildman–Crippen MR) is 65.3 cm³/mol. The molecule has 2 rings (SSSR count). The Morgan fingerprint density at radius 3 is 2.81 bits per heavy atom. The van der Waals surface area contributed by atoms with Crippen LogP contribution in [0.25, 0.3) is 0 Å². The third-order valence-electron chi connectivity index (χ3n) is 3.14. The number of hydrogen-bond donors (Lipinski definition) is 1. The monoisotopic (exact) mass is 219 g/mol. The first kappa shape index (κ1) is 10.8. The zero-order valence-corrected chi connectivity index (χ0v) is 9.68. The Labute approximate surface area is 95.6 Å². The largest absolute Gasteiger partial charge is 0.399 e. The molecule has 1 aromatic rings. The molecule has 1 atom stereocenters. The molecular weight excluding hydrogens is 202 g/mol. The van der Waals surface area contributed by atoms with Crippen molar-refractivity contribution >= 4 is 17.3 Å². The summed E-state index contributed by atoms with van der Waals surface area (Å²) in [5.41, 5.74) is 7.45. The minimum atomic E-state index is -0.0493. The number of rotatable bonds is 2. The molecule has 2 N–H and O–H groups in total. The first-order valence-electron chi connectivity index (χ1n) is 5.43. The standard InChI is InChI=1S/C12H17N3O/c1-14-7-6-11(12(14)16)15(2)10-5-3-4-9(13)8-10/h3-5,8,11H,6-7,13H2,1-2H3. The highest BCUT2D eigenvalue weighted by atomic mass is 16.2. The topological polar surface area (TPSA) is 49.6 Å². The van der Waals surface area contributed by atoms with Gasteiger partial charge in [-0.05, 0) is 24.6 Å². The first-order valence-corrected chi connectivity index (χ1v) is 5.43. The van der Waals surface area contributed by atoms with Crippen LogP contribution in [0.3, 0.4) is 0 Å². The van der Waals surface area contributed by atoms with Gasteiger partial charge in [-0.1, -0.05) is 6.07 Å². The van der Waals surface area contributed by atoms with Crippen molar-refractivity contribution in [2.75, 3.05) is 31.3 Å². The number of benzene rings is 1. The smallest absolute Gasteiger partial charge is 0.245 e. The Balaban J connectivity index is 2.19. The molecule has 1 heterocycles. The minimum absolute atomic E-state index is 0.0493. The van der Waals surface area contributed by atoms with E-state index in [2.05, 4.69) is 0 Å². The van der Waals surface area contributed by atoms with E-state index in [9.17, 15) is 4.79 Å². The Kier molecular flexibility index (Phi) is 2.73. The van der Waals surface area contributed by atoms with Crippen LogP contribution in [-0.2, 0) is 4.79 Å². The quantitative estimate of drug-likeness (QED) is 0.753. The van der Waals surface area contributed by atoms with Crippen molar-refractivity contribution in [1.82, 2.24) is 4.90 Å². The number of nitrogen functional groups attached to an aromatic ring is 1. The van der Waals surface area contributed by atoms with E-state index in [-0.39, 0.29) is 11.9 Å². The number of likely N-dealkylation sites (tertiary alicyclic amines) is 1. The second-order valence-electron chi connectivity index (χ2n) is 4.27. The molecule has 16 heavy (non-hydrogen) atoms. The molecule has 0 aliphatic carbocycles. The summed E-state index contributed by atoms with van der Waals surface area (Å²) in [6.45, 7) is 0.830. The van der Waals surface area contributed by atoms with Crippen LogP contribution in [0.15, 0.2) is 24.3 Å². The van der Waals surface area contributed by atoms with E-state index in [1.165, 1.54) is 0 Å². The van der Waals surface area contributed by atoms with Crippen LogP contribution in [0, 0.1) is 0 Å². The zero-order chi connectivity index (χ0) is 11.7. The molecule has 0 spiro atoms. The van der Waals surface area contributed by atoms with E-state index >= 15 is 0 Å². The molecule has 1 saturated heterocycles. The third-order valence-corrected chi connectivity index (χ3v) is 3.14. The van der Waals surface area contributed by atoms with Gasteiger partial charge in [-0.2, -0.15) is 0 Å². The fourth-order valence-electron chi connectivity index (χ4n) is 2.09. The molecule has 1 aromatic carbocycles. The van der Waals surface area contributed by atoms with E-state index in [1.54, 1.807) is 4.90 Å². The fourth-order valence-corrected chi connectivity index (χ4v) is 2.09. The number of carbonyl (C=O) groups excluding carboxylic acids is 1. The van der Waals surface area contributed by atoms with E-state index in [0.29, 0.717) is 0 Å². The summed E-state index contributed by atoms with van der Waals surface area (Å²) in [5, 5.41) is 0. The Morgan fingerprint density at radius 2 is 2.25 bits per heavy atom. The normalized spacial score (nSPS) is 20.2. The van der Waals surface area contributed by atoms with Gasteiger partial charge < -0.3 is 15.5 Å². The summed E-state index contributed by atoms with van der Waals surface area (Å²) < 4.78 is 0. The molecule has 1 unspecified atom stereocenters. The van der Waals surface area contributed by atoms with E-state index in [4.69, 9.17) is 5.73 Å². The van der Waals surface area contributed by atoms with Crippen molar-refractivity contribution < 1.29 is 4.79 Å². The van der Waals surface area contributed by atoms with Crippen molar-refractivity contribution in [3.63, 3.8) is 0 Å². The third kappa shape index (κ3) is 1.83. The average molecular weight is 219 g/mol. The maximum absolute atomic E-state index is 11.9. The van der Waals surface area contributed by atoms with Gasteiger partial charge in [0.15, 0.2) is 0 Å². The lowest BCUT2D eigenvalue weighted by molar-refractivity contribution is -0.127. The van der Waals surface area contributed by atoms with Gasteiger partial charge in [0.2, 0.25) is 5.91 Å². The Hall–Kier alpha value is -1.71. The highest BCUT2D eigenvalue weighted by Crippen LogP contribution is 2.23. The summed E-state index contributed by atoms with van der Waals surface area (Å²) in [5.74, 6) is 0.185. The molecule has 0 radical (unpaired) electrons. The summed E-state index contributed by atoms with van der Waals surface area (Å²) in [6.07, 6.45) is 0.876. The molecule has 0 bridgehead atoms. The van der Waals surface area contributed by atoms with Crippen LogP contribution in [0.2, 0.25) is 0 Å². The highest BCUT2D eigenvalue weighted by Gasteiger charge is 2.32. The number of nitrogens with two attached hydrogens (primary N) is 1. The van der Waals surface area contributed by atoms with Gasteiger partial charge >= 0.3 is 0 Å². The molecule has 1 fully saturated rings. The zero-order valence-electron chi connectivity index (χ0n) is 9.68. The lowest BCUT2D eigenvalue weighted by Crippen LogP contribution is -2.38. The van der Waals surface area contributed by atoms with Gasteiger partial charge in [0.1, 0.15) is 6.04 Å². The molecular formula is C12H17N3O. The molecule has 1 aliphatic heterocycles. The van der Waals surface area contributed by atoms with Crippen LogP contribution < -0.4 is 10.6 Å². The number of likely N-dealkylation sites (N-methyl/N-ethyl adjacent to an activating group) is 2. The number of amides is 1. The van der Waals surface area contributed by atoms with Crippen molar-refractivity contribution in [1.29, 1.82) is 0 Å². The SMILES string of the molecule is CN1CCC(N(C)c2cccc(N)c2)C1=O. The van der Waals surface area contributed by atoms with Crippen LogP contribution in [0.4, 0.5) is 11.4 Å². The van der Waals surface area contributed by atoms with E-state index in [0.717, 1.165) is 24.3 Å². The van der Waals surface area contributed by atoms with E-state index < -0.39 is 0 Å². The molecule has 4 nitrogen and oxygen atoms in total. The minimum Gasteiger partial charge on any atom is -0.399 e. The molecule has 0 aromatic heterocycles. The van der Waals surface area contributed by atoms with Crippen LogP contribution in [0.1, 0.15) is 6.42 Å². The van der Waals surface area contributed by atoms with Crippen molar-refractivity contribution in [3.05, 3.63) is 24.3 Å². The molecule has 1 amide bonds. The predicted octanol–water partition coefficient (Wildman–Crippen LogP) is 0.936. The lowest BCUT2D eigenvalue weighted by Gasteiger charge is -2.25. The fraction of sp³-hybridized carbons (Fsp3) is 0.417. The average Bonchev–Trinajstić information content (AvgIpc) is 2.59. The van der Waals surface area contributed by atoms with Crippen LogP contribution in [-0.4, -0.2) is 37.5 Å². The maximum Gasteiger partial charge on any atom is 0.245 e. The summed E-state index contributed by atoms with van der Waals surface area (Å²) in [4.78, 5) is 15.6. The highest BCUT2D eigenvalue weighted by molar-refractivity contribution is 5.87. The van der Waals surface area contributed by atoms with Crippen molar-refractivity contribution in [3.8, 4) is 0 Å². The number of hydrogen-bond acceptors (Lipinski definition) is 3. The van der Waals surface area contributed by atoms with Gasteiger partial charge in [-0.15, -0.1) is 0 Å². The molecule has 4 heteroatoms. The van der Waals surface area contributed by atoms with Gasteiger partial charge in [0, 0.05) is 32.0 Å². The van der Waals surface area contributed by atoms with Gasteiger partial charge in [0.25, 0.3) is 0 Å². The summed E-state index contributed by atoms with van der Waals surface area (Å²) in [6, 6.07) is 7.57. The lowest BCUT2D eigenvalue weighted by atomic mass is 10.2. The summed E-state index contributed by atoms with van der Waals surface area (Å²) >= 11 is 0. The Bertz CT molecular complexity index is 405. The second kappa shape index (κ2) is 4.04. The number of nitrogens with zero attached hydrogens (tertiary/aromatic N) is 2. The second-order valence-corrected chi connectivity index (χ2v) is 4.27. The maximum atomic E-state index is 11.9. The van der Waals surface area contributed by atoms with Crippen LogP contribution in [0.5, 0.6) is 0 Å². The summed E-state index contributed by atoms with van der Waals surface area (Å²) in [7, 11) is 3.78. The van der Waals surface area contributed by atoms with Crippen molar-refractivity contribution in [2.45, 2.75) is 12.5 Å². The Morgan fingerprint density at radius 1 is 1.50 bits per heavy atom. The number of anilines is 2. The molecule has 0 saturated carbocycles. The van der Waals surface area contributed by atoms with Gasteiger partial charge in [-0.25, -0.2) is 0 Å². The molecule has 1 aliphatic rings. The van der Waals surface area contributed by atoms with Crippen LogP contribution >= 0.6 is 0 Å². The van der Waals surface area contributed by atoms with Crippen molar-refractivity contribution in [2.24, 2.45) is 0 Å². The number of carbonyl (C=O) groups is 1. The molecule has 86 valence electrons. The van der Waals surface area contributed by atoms with Gasteiger partial charge in [-0.3, -0.25) is 4.79 Å². The van der Waals surface area contributed by atoms with Gasteiger partial charge in [0.05, 0.1) is 0 Å². The first-order chi connectivity index (χ1) is 7.59.